The lowest BCUT2D eigenvalue weighted by Crippen LogP contribution is -2.35. The van der Waals surface area contributed by atoms with Crippen molar-refractivity contribution < 1.29 is 0 Å². The minimum absolute atomic E-state index is 0.118. The summed E-state index contributed by atoms with van der Waals surface area (Å²) < 4.78 is 0. The van der Waals surface area contributed by atoms with E-state index in [2.05, 4.69) is 16.4 Å². The van der Waals surface area contributed by atoms with Gasteiger partial charge in [0.2, 0.25) is 0 Å². The van der Waals surface area contributed by atoms with Crippen LogP contribution >= 0.6 is 0 Å². The number of nitrogens with one attached hydrogen (secondary N) is 2. The maximum atomic E-state index is 5.91. The predicted octanol–water partition coefficient (Wildman–Crippen LogP) is 0.596. The summed E-state index contributed by atoms with van der Waals surface area (Å²) in [6, 6.07) is 4.08. The fourth-order valence-electron chi connectivity index (χ4n) is 1.26. The van der Waals surface area contributed by atoms with Crippen molar-refractivity contribution in [3.63, 3.8) is 0 Å². The van der Waals surface area contributed by atoms with Crippen LogP contribution in [0.4, 0.5) is 0 Å². The van der Waals surface area contributed by atoms with Crippen molar-refractivity contribution >= 4 is 0 Å². The Balaban J connectivity index is 1.69. The van der Waals surface area contributed by atoms with Gasteiger partial charge in [0.05, 0.1) is 0 Å². The van der Waals surface area contributed by atoms with Gasteiger partial charge in [0.25, 0.3) is 0 Å². The maximum Gasteiger partial charge on any atom is 0.0357 e. The second-order valence-electron chi connectivity index (χ2n) is 3.66. The van der Waals surface area contributed by atoms with E-state index >= 15 is 0 Å². The molecule has 4 N–H and O–H groups in total. The molecule has 0 aromatic carbocycles. The number of hydrogen-bond donors (Lipinski definition) is 3. The first-order valence-corrected chi connectivity index (χ1v) is 4.40. The lowest BCUT2D eigenvalue weighted by molar-refractivity contribution is 0.565. The summed E-state index contributed by atoms with van der Waals surface area (Å²) in [6.45, 7) is 1.83. The van der Waals surface area contributed by atoms with Gasteiger partial charge < -0.3 is 16.0 Å². The number of aromatic amines is 1. The van der Waals surface area contributed by atoms with Crippen LogP contribution in [0.1, 0.15) is 18.5 Å². The van der Waals surface area contributed by atoms with Crippen molar-refractivity contribution in [1.82, 2.24) is 10.3 Å². The summed E-state index contributed by atoms with van der Waals surface area (Å²) in [5.74, 6) is 0. The lowest BCUT2D eigenvalue weighted by Gasteiger charge is -2.08. The Kier molecular flexibility index (Phi) is 1.90. The summed E-state index contributed by atoms with van der Waals surface area (Å²) in [7, 11) is 0. The number of rotatable bonds is 4. The molecule has 0 amide bonds. The summed E-state index contributed by atoms with van der Waals surface area (Å²) in [5, 5.41) is 3.33. The molecule has 0 bridgehead atoms. The van der Waals surface area contributed by atoms with Crippen molar-refractivity contribution in [3.8, 4) is 0 Å². The third kappa shape index (κ3) is 1.87. The molecular weight excluding hydrogens is 150 g/mol. The van der Waals surface area contributed by atoms with Gasteiger partial charge in [0.15, 0.2) is 0 Å². The zero-order valence-corrected chi connectivity index (χ0v) is 7.14. The number of aromatic nitrogens is 1. The molecule has 2 rings (SSSR count). The molecular formula is C9H15N3. The molecule has 0 radical (unpaired) electrons. The van der Waals surface area contributed by atoms with E-state index in [1.807, 2.05) is 12.3 Å². The molecule has 1 aromatic heterocycles. The number of H-pyrrole nitrogens is 1. The zero-order chi connectivity index (χ0) is 8.44. The molecule has 3 nitrogen and oxygen atoms in total. The summed E-state index contributed by atoms with van der Waals surface area (Å²) in [4.78, 5) is 3.14. The van der Waals surface area contributed by atoms with E-state index in [4.69, 9.17) is 5.73 Å². The highest BCUT2D eigenvalue weighted by atomic mass is 15.0. The molecule has 66 valence electrons. The highest BCUT2D eigenvalue weighted by Crippen LogP contribution is 2.30. The van der Waals surface area contributed by atoms with Gasteiger partial charge in [-0.15, -0.1) is 0 Å². The quantitative estimate of drug-likeness (QED) is 0.612. The van der Waals surface area contributed by atoms with Crippen LogP contribution in [0.3, 0.4) is 0 Å². The van der Waals surface area contributed by atoms with Gasteiger partial charge in [-0.25, -0.2) is 0 Å². The van der Waals surface area contributed by atoms with Crippen LogP contribution in [0.5, 0.6) is 0 Å². The largest absolute Gasteiger partial charge is 0.364 e. The van der Waals surface area contributed by atoms with Crippen LogP contribution in [0, 0.1) is 0 Å². The van der Waals surface area contributed by atoms with Crippen LogP contribution < -0.4 is 11.1 Å². The standard InChI is InChI=1S/C9H15N3/c10-9(3-4-9)7-11-6-8-2-1-5-12-8/h1-2,5,11-12H,3-4,6-7,10H2. The van der Waals surface area contributed by atoms with E-state index in [0.717, 1.165) is 13.1 Å². The Morgan fingerprint density at radius 2 is 2.42 bits per heavy atom. The molecule has 1 aliphatic carbocycles. The third-order valence-electron chi connectivity index (χ3n) is 2.35. The molecule has 0 spiro atoms. The highest BCUT2D eigenvalue weighted by molar-refractivity contribution is 5.05. The van der Waals surface area contributed by atoms with Gasteiger partial charge in [-0.05, 0) is 25.0 Å². The summed E-state index contributed by atoms with van der Waals surface area (Å²) >= 11 is 0. The third-order valence-corrected chi connectivity index (χ3v) is 2.35. The van der Waals surface area contributed by atoms with E-state index in [0.29, 0.717) is 0 Å². The Labute approximate surface area is 72.3 Å². The molecule has 0 atom stereocenters. The molecule has 1 fully saturated rings. The van der Waals surface area contributed by atoms with Gasteiger partial charge >= 0.3 is 0 Å². The molecule has 3 heteroatoms. The van der Waals surface area contributed by atoms with Gasteiger partial charge in [-0.2, -0.15) is 0 Å². The van der Waals surface area contributed by atoms with E-state index in [1.54, 1.807) is 0 Å². The Morgan fingerprint density at radius 1 is 1.58 bits per heavy atom. The lowest BCUT2D eigenvalue weighted by atomic mass is 10.3. The Bertz CT molecular complexity index is 236. The van der Waals surface area contributed by atoms with Crippen LogP contribution in [0.2, 0.25) is 0 Å². The normalized spacial score (nSPS) is 19.4. The molecule has 0 unspecified atom stereocenters. The van der Waals surface area contributed by atoms with Gasteiger partial charge in [-0.3, -0.25) is 0 Å². The second-order valence-corrected chi connectivity index (χ2v) is 3.66. The number of hydrogen-bond acceptors (Lipinski definition) is 2. The second kappa shape index (κ2) is 2.92. The Hall–Kier alpha value is -0.800. The fraction of sp³-hybridized carbons (Fsp3) is 0.556. The first kappa shape index (κ1) is 7.83. The minimum atomic E-state index is 0.118. The van der Waals surface area contributed by atoms with E-state index < -0.39 is 0 Å². The topological polar surface area (TPSA) is 53.8 Å². The van der Waals surface area contributed by atoms with E-state index in [-0.39, 0.29) is 5.54 Å². The van der Waals surface area contributed by atoms with E-state index in [9.17, 15) is 0 Å². The molecule has 1 aliphatic rings. The van der Waals surface area contributed by atoms with Crippen LogP contribution in [0.15, 0.2) is 18.3 Å². The molecule has 12 heavy (non-hydrogen) atoms. The van der Waals surface area contributed by atoms with Crippen molar-refractivity contribution in [2.24, 2.45) is 5.73 Å². The van der Waals surface area contributed by atoms with Crippen molar-refractivity contribution in [2.45, 2.75) is 24.9 Å². The zero-order valence-electron chi connectivity index (χ0n) is 7.14. The van der Waals surface area contributed by atoms with Crippen molar-refractivity contribution in [2.75, 3.05) is 6.54 Å². The van der Waals surface area contributed by atoms with Crippen LogP contribution in [0.25, 0.3) is 0 Å². The predicted molar refractivity (Wildman–Crippen MR) is 48.7 cm³/mol. The van der Waals surface area contributed by atoms with Crippen LogP contribution in [-0.2, 0) is 6.54 Å². The highest BCUT2D eigenvalue weighted by Gasteiger charge is 2.37. The van der Waals surface area contributed by atoms with Crippen LogP contribution in [-0.4, -0.2) is 17.1 Å². The molecule has 0 saturated heterocycles. The molecule has 1 heterocycles. The first-order chi connectivity index (χ1) is 5.79. The molecule has 0 aliphatic heterocycles. The van der Waals surface area contributed by atoms with Gasteiger partial charge in [-0.1, -0.05) is 0 Å². The Morgan fingerprint density at radius 3 is 3.00 bits per heavy atom. The molecule has 1 aromatic rings. The average Bonchev–Trinajstić information content (AvgIpc) is 2.61. The fourth-order valence-corrected chi connectivity index (χ4v) is 1.26. The summed E-state index contributed by atoms with van der Waals surface area (Å²) in [6.07, 6.45) is 4.28. The maximum absolute atomic E-state index is 5.91. The minimum Gasteiger partial charge on any atom is -0.364 e. The monoisotopic (exact) mass is 165 g/mol. The van der Waals surface area contributed by atoms with E-state index in [1.165, 1.54) is 18.5 Å². The SMILES string of the molecule is NC1(CNCc2ccc[nH]2)CC1. The number of nitrogens with two attached hydrogens (primary N) is 1. The van der Waals surface area contributed by atoms with Crippen molar-refractivity contribution in [3.05, 3.63) is 24.0 Å². The summed E-state index contributed by atoms with van der Waals surface area (Å²) in [5.41, 5.74) is 7.25. The average molecular weight is 165 g/mol. The molecule has 1 saturated carbocycles. The van der Waals surface area contributed by atoms with Gasteiger partial charge in [0.1, 0.15) is 0 Å². The van der Waals surface area contributed by atoms with Crippen molar-refractivity contribution in [1.29, 1.82) is 0 Å². The first-order valence-electron chi connectivity index (χ1n) is 4.40. The smallest absolute Gasteiger partial charge is 0.0357 e. The van der Waals surface area contributed by atoms with Gasteiger partial charge in [0, 0.05) is 30.5 Å².